The number of aliphatic hydroxyl groups excluding tert-OH is 1. The van der Waals surface area contributed by atoms with Gasteiger partial charge in [-0.1, -0.05) is 37.6 Å². The van der Waals surface area contributed by atoms with Crippen molar-refractivity contribution in [3.05, 3.63) is 34.9 Å². The van der Waals surface area contributed by atoms with Crippen LogP contribution in [0.25, 0.3) is 0 Å². The zero-order chi connectivity index (χ0) is 18.4. The minimum Gasteiger partial charge on any atom is -0.389 e. The molecule has 1 heterocycles. The number of benzene rings is 1. The molecule has 6 heteroatoms. The standard InChI is InChI=1S/C19H29ClN2O3/c1-14(2)19(24)22-10-8-21(9-11-22)12-18(23)13-25-15(3)16-4-6-17(20)7-5-16/h4-7,14-15,18,23H,8-13H2,1-3H3/t15-,18+/m1/s1. The topological polar surface area (TPSA) is 53.0 Å². The van der Waals surface area contributed by atoms with E-state index in [2.05, 4.69) is 4.90 Å². The fourth-order valence-corrected chi connectivity index (χ4v) is 3.08. The van der Waals surface area contributed by atoms with E-state index in [1.54, 1.807) is 0 Å². The molecule has 2 rings (SSSR count). The van der Waals surface area contributed by atoms with Gasteiger partial charge in [-0.05, 0) is 24.6 Å². The molecular weight excluding hydrogens is 340 g/mol. The lowest BCUT2D eigenvalue weighted by molar-refractivity contribution is -0.136. The smallest absolute Gasteiger partial charge is 0.225 e. The molecule has 1 fully saturated rings. The highest BCUT2D eigenvalue weighted by molar-refractivity contribution is 6.30. The highest BCUT2D eigenvalue weighted by atomic mass is 35.5. The molecule has 0 radical (unpaired) electrons. The Morgan fingerprint density at radius 3 is 2.32 bits per heavy atom. The molecule has 0 bridgehead atoms. The second-order valence-electron chi connectivity index (χ2n) is 6.96. The summed E-state index contributed by atoms with van der Waals surface area (Å²) in [7, 11) is 0. The Morgan fingerprint density at radius 1 is 1.16 bits per heavy atom. The number of ether oxygens (including phenoxy) is 1. The first kappa shape index (κ1) is 20.2. The summed E-state index contributed by atoms with van der Waals surface area (Å²) in [6, 6.07) is 7.55. The number of carbonyl (C=O) groups is 1. The van der Waals surface area contributed by atoms with E-state index in [9.17, 15) is 9.90 Å². The van der Waals surface area contributed by atoms with Crippen LogP contribution < -0.4 is 0 Å². The molecule has 1 aliphatic rings. The lowest BCUT2D eigenvalue weighted by Crippen LogP contribution is -2.51. The van der Waals surface area contributed by atoms with Crippen molar-refractivity contribution in [2.24, 2.45) is 5.92 Å². The monoisotopic (exact) mass is 368 g/mol. The van der Waals surface area contributed by atoms with Crippen LogP contribution in [0.4, 0.5) is 0 Å². The summed E-state index contributed by atoms with van der Waals surface area (Å²) < 4.78 is 5.78. The molecule has 140 valence electrons. The van der Waals surface area contributed by atoms with Gasteiger partial charge in [0.25, 0.3) is 0 Å². The molecule has 0 aliphatic carbocycles. The van der Waals surface area contributed by atoms with Gasteiger partial charge in [-0.15, -0.1) is 0 Å². The molecule has 0 saturated carbocycles. The van der Waals surface area contributed by atoms with Crippen molar-refractivity contribution < 1.29 is 14.6 Å². The highest BCUT2D eigenvalue weighted by Gasteiger charge is 2.24. The van der Waals surface area contributed by atoms with Crippen molar-refractivity contribution >= 4 is 17.5 Å². The predicted octanol–water partition coefficient (Wildman–Crippen LogP) is 2.58. The lowest BCUT2D eigenvalue weighted by Gasteiger charge is -2.36. The van der Waals surface area contributed by atoms with E-state index in [1.807, 2.05) is 49.9 Å². The third kappa shape index (κ3) is 6.26. The van der Waals surface area contributed by atoms with Gasteiger partial charge in [0.1, 0.15) is 0 Å². The summed E-state index contributed by atoms with van der Waals surface area (Å²) in [5.41, 5.74) is 1.04. The maximum Gasteiger partial charge on any atom is 0.225 e. The van der Waals surface area contributed by atoms with Gasteiger partial charge in [0.05, 0.1) is 18.8 Å². The number of β-amino-alcohol motifs (C(OH)–C–C–N with tert-alkyl or cyclic N) is 1. The van der Waals surface area contributed by atoms with Crippen molar-refractivity contribution in [2.45, 2.75) is 33.0 Å². The van der Waals surface area contributed by atoms with E-state index in [4.69, 9.17) is 16.3 Å². The fourth-order valence-electron chi connectivity index (χ4n) is 2.95. The maximum absolute atomic E-state index is 12.0. The van der Waals surface area contributed by atoms with Crippen molar-refractivity contribution in [1.29, 1.82) is 0 Å². The molecular formula is C19H29ClN2O3. The third-order valence-corrected chi connectivity index (χ3v) is 4.78. The number of amides is 1. The first-order chi connectivity index (χ1) is 11.9. The van der Waals surface area contributed by atoms with Crippen molar-refractivity contribution in [2.75, 3.05) is 39.3 Å². The van der Waals surface area contributed by atoms with Gasteiger partial charge in [-0.3, -0.25) is 9.69 Å². The average molecular weight is 369 g/mol. The van der Waals surface area contributed by atoms with Crippen LogP contribution in [-0.2, 0) is 9.53 Å². The Kier molecular flexibility index (Phi) is 7.69. The number of halogens is 1. The average Bonchev–Trinajstić information content (AvgIpc) is 2.60. The van der Waals surface area contributed by atoms with Crippen molar-refractivity contribution in [3.8, 4) is 0 Å². The summed E-state index contributed by atoms with van der Waals surface area (Å²) in [5, 5.41) is 10.9. The Morgan fingerprint density at radius 2 is 1.76 bits per heavy atom. The van der Waals surface area contributed by atoms with E-state index in [1.165, 1.54) is 0 Å². The van der Waals surface area contributed by atoms with Crippen molar-refractivity contribution in [1.82, 2.24) is 9.80 Å². The normalized spacial score (nSPS) is 18.4. The number of aliphatic hydroxyl groups is 1. The lowest BCUT2D eigenvalue weighted by atomic mass is 10.1. The van der Waals surface area contributed by atoms with Gasteiger partial charge in [0, 0.05) is 43.7 Å². The predicted molar refractivity (Wildman–Crippen MR) is 99.7 cm³/mol. The Hall–Kier alpha value is -1.14. The minimum atomic E-state index is -0.540. The second-order valence-corrected chi connectivity index (χ2v) is 7.40. The molecule has 1 aliphatic heterocycles. The number of piperazine rings is 1. The van der Waals surface area contributed by atoms with E-state index in [0.29, 0.717) is 11.6 Å². The van der Waals surface area contributed by atoms with Crippen LogP contribution in [0.15, 0.2) is 24.3 Å². The largest absolute Gasteiger partial charge is 0.389 e. The number of nitrogens with zero attached hydrogens (tertiary/aromatic N) is 2. The van der Waals surface area contributed by atoms with Crippen LogP contribution in [0.2, 0.25) is 5.02 Å². The Balaban J connectivity index is 1.69. The number of hydrogen-bond donors (Lipinski definition) is 1. The van der Waals surface area contributed by atoms with Crippen LogP contribution in [0.3, 0.4) is 0 Å². The number of hydrogen-bond acceptors (Lipinski definition) is 4. The molecule has 0 aromatic heterocycles. The zero-order valence-electron chi connectivity index (χ0n) is 15.3. The first-order valence-corrected chi connectivity index (χ1v) is 9.31. The van der Waals surface area contributed by atoms with E-state index < -0.39 is 6.10 Å². The Bertz CT molecular complexity index is 542. The van der Waals surface area contributed by atoms with E-state index in [0.717, 1.165) is 31.7 Å². The Labute approximate surface area is 155 Å². The number of rotatable bonds is 7. The molecule has 0 unspecified atom stereocenters. The van der Waals surface area contributed by atoms with Crippen LogP contribution in [0.5, 0.6) is 0 Å². The van der Waals surface area contributed by atoms with Crippen LogP contribution in [-0.4, -0.2) is 66.2 Å². The molecule has 1 amide bonds. The molecule has 1 aromatic carbocycles. The quantitative estimate of drug-likeness (QED) is 0.803. The first-order valence-electron chi connectivity index (χ1n) is 8.93. The van der Waals surface area contributed by atoms with Gasteiger partial charge >= 0.3 is 0 Å². The minimum absolute atomic E-state index is 0.0416. The van der Waals surface area contributed by atoms with E-state index >= 15 is 0 Å². The van der Waals surface area contributed by atoms with Crippen LogP contribution >= 0.6 is 11.6 Å². The SMILES string of the molecule is CC(C)C(=O)N1CCN(C[C@H](O)CO[C@H](C)c2ccc(Cl)cc2)CC1. The summed E-state index contributed by atoms with van der Waals surface area (Å²) >= 11 is 5.89. The highest BCUT2D eigenvalue weighted by Crippen LogP contribution is 2.19. The van der Waals surface area contributed by atoms with Gasteiger partial charge < -0.3 is 14.7 Å². The van der Waals surface area contributed by atoms with E-state index in [-0.39, 0.29) is 24.5 Å². The fraction of sp³-hybridized carbons (Fsp3) is 0.632. The summed E-state index contributed by atoms with van der Waals surface area (Å²) in [6.45, 7) is 9.72. The third-order valence-electron chi connectivity index (χ3n) is 4.52. The molecule has 5 nitrogen and oxygen atoms in total. The molecule has 1 aromatic rings. The molecule has 1 N–H and O–H groups in total. The van der Waals surface area contributed by atoms with Crippen LogP contribution in [0, 0.1) is 5.92 Å². The van der Waals surface area contributed by atoms with Crippen LogP contribution in [0.1, 0.15) is 32.4 Å². The van der Waals surface area contributed by atoms with Crippen molar-refractivity contribution in [3.63, 3.8) is 0 Å². The summed E-state index contributed by atoms with van der Waals surface area (Å²) in [6.07, 6.45) is -0.630. The molecule has 0 spiro atoms. The molecule has 1 saturated heterocycles. The van der Waals surface area contributed by atoms with Gasteiger partial charge in [-0.2, -0.15) is 0 Å². The molecule has 2 atom stereocenters. The summed E-state index contributed by atoms with van der Waals surface area (Å²) in [4.78, 5) is 16.1. The van der Waals surface area contributed by atoms with Gasteiger partial charge in [0.2, 0.25) is 5.91 Å². The zero-order valence-corrected chi connectivity index (χ0v) is 16.1. The second kappa shape index (κ2) is 9.53. The maximum atomic E-state index is 12.0. The van der Waals surface area contributed by atoms with Gasteiger partial charge in [0.15, 0.2) is 0 Å². The molecule has 25 heavy (non-hydrogen) atoms. The summed E-state index contributed by atoms with van der Waals surface area (Å²) in [5.74, 6) is 0.250. The number of carbonyl (C=O) groups excluding carboxylic acids is 1. The van der Waals surface area contributed by atoms with Gasteiger partial charge in [-0.25, -0.2) is 0 Å².